The number of aromatic nitrogens is 1. The molecule has 1 aromatic carbocycles. The first kappa shape index (κ1) is 12.6. The maximum absolute atomic E-state index is 12.9. The van der Waals surface area contributed by atoms with Crippen LogP contribution in [0.5, 0.6) is 0 Å². The summed E-state index contributed by atoms with van der Waals surface area (Å²) in [7, 11) is 0. The number of hydrogen-bond donors (Lipinski definition) is 1. The predicted molar refractivity (Wildman–Crippen MR) is 69.5 cm³/mol. The summed E-state index contributed by atoms with van der Waals surface area (Å²) in [6.07, 6.45) is 1.87. The van der Waals surface area contributed by atoms with E-state index < -0.39 is 0 Å². The van der Waals surface area contributed by atoms with Crippen molar-refractivity contribution < 1.29 is 8.91 Å². The molecule has 0 aliphatic heterocycles. The molecule has 0 bridgehead atoms. The Bertz CT molecular complexity index is 519. The van der Waals surface area contributed by atoms with Gasteiger partial charge in [-0.25, -0.2) is 4.39 Å². The summed E-state index contributed by atoms with van der Waals surface area (Å²) in [5.41, 5.74) is 8.28. The highest BCUT2D eigenvalue weighted by Crippen LogP contribution is 2.31. The fourth-order valence-corrected chi connectivity index (χ4v) is 1.88. The molecule has 96 valence electrons. The highest BCUT2D eigenvalue weighted by atomic mass is 19.1. The third kappa shape index (κ3) is 2.53. The third-order valence-corrected chi connectivity index (χ3v) is 3.16. The largest absolute Gasteiger partial charge is 0.367 e. The van der Waals surface area contributed by atoms with Gasteiger partial charge in [-0.2, -0.15) is 0 Å². The molecule has 0 saturated heterocycles. The summed E-state index contributed by atoms with van der Waals surface area (Å²) in [5, 5.41) is 4.01. The van der Waals surface area contributed by atoms with Crippen molar-refractivity contribution >= 4 is 5.88 Å². The van der Waals surface area contributed by atoms with Crippen molar-refractivity contribution in [3.05, 3.63) is 35.8 Å². The zero-order chi connectivity index (χ0) is 13.1. The number of halogens is 1. The summed E-state index contributed by atoms with van der Waals surface area (Å²) >= 11 is 0. The molecular weight excluding hydrogens is 231 g/mol. The molecule has 0 fully saturated rings. The highest BCUT2D eigenvalue weighted by Gasteiger charge is 2.17. The first-order chi connectivity index (χ1) is 8.61. The topological polar surface area (TPSA) is 52.0 Å². The second-order valence-corrected chi connectivity index (χ2v) is 4.59. The number of rotatable bonds is 4. The van der Waals surface area contributed by atoms with Crippen molar-refractivity contribution in [2.75, 3.05) is 5.73 Å². The summed E-state index contributed by atoms with van der Waals surface area (Å²) in [6, 6.07) is 6.21. The van der Waals surface area contributed by atoms with Crippen molar-refractivity contribution in [2.24, 2.45) is 5.92 Å². The van der Waals surface area contributed by atoms with Gasteiger partial charge < -0.3 is 10.3 Å². The van der Waals surface area contributed by atoms with Crippen LogP contribution in [0, 0.1) is 11.7 Å². The minimum atomic E-state index is -0.266. The Labute approximate surface area is 106 Å². The third-order valence-electron chi connectivity index (χ3n) is 3.16. The smallest absolute Gasteiger partial charge is 0.230 e. The number of hydrogen-bond acceptors (Lipinski definition) is 3. The van der Waals surface area contributed by atoms with Gasteiger partial charge in [-0.05, 0) is 30.0 Å². The van der Waals surface area contributed by atoms with Gasteiger partial charge in [-0.1, -0.05) is 37.6 Å². The van der Waals surface area contributed by atoms with Crippen molar-refractivity contribution in [2.45, 2.75) is 26.7 Å². The molecule has 2 N–H and O–H groups in total. The van der Waals surface area contributed by atoms with Crippen LogP contribution in [0.4, 0.5) is 10.3 Å². The van der Waals surface area contributed by atoms with E-state index in [0.29, 0.717) is 11.8 Å². The lowest BCUT2D eigenvalue weighted by Crippen LogP contribution is -2.00. The Morgan fingerprint density at radius 3 is 2.61 bits per heavy atom. The Hall–Kier alpha value is -1.84. The number of anilines is 1. The van der Waals surface area contributed by atoms with Gasteiger partial charge in [0.25, 0.3) is 0 Å². The highest BCUT2D eigenvalue weighted by molar-refractivity contribution is 5.74. The predicted octanol–water partition coefficient (Wildman–Crippen LogP) is 3.65. The summed E-state index contributed by atoms with van der Waals surface area (Å²) in [4.78, 5) is 0. The van der Waals surface area contributed by atoms with Crippen LogP contribution in [-0.2, 0) is 6.42 Å². The van der Waals surface area contributed by atoms with Gasteiger partial charge in [-0.3, -0.25) is 0 Å². The van der Waals surface area contributed by atoms with Crippen LogP contribution < -0.4 is 5.73 Å². The molecule has 0 amide bonds. The van der Waals surface area contributed by atoms with E-state index in [4.69, 9.17) is 10.3 Å². The van der Waals surface area contributed by atoms with Crippen molar-refractivity contribution in [1.29, 1.82) is 0 Å². The molecule has 0 aliphatic carbocycles. The zero-order valence-corrected chi connectivity index (χ0v) is 10.6. The van der Waals surface area contributed by atoms with Gasteiger partial charge in [0.15, 0.2) is 0 Å². The van der Waals surface area contributed by atoms with Crippen LogP contribution in [0.25, 0.3) is 11.1 Å². The minimum absolute atomic E-state index is 0.266. The van der Waals surface area contributed by atoms with Gasteiger partial charge in [-0.15, -0.1) is 0 Å². The maximum atomic E-state index is 12.9. The standard InChI is InChI=1S/C14H17FN2O/c1-3-9(2)8-12-13(14(16)18-17-12)10-4-6-11(15)7-5-10/h4-7,9H,3,8,16H2,1-2H3. The van der Waals surface area contributed by atoms with Crippen LogP contribution >= 0.6 is 0 Å². The number of nitrogens with zero attached hydrogens (tertiary/aromatic N) is 1. The fourth-order valence-electron chi connectivity index (χ4n) is 1.88. The van der Waals surface area contributed by atoms with E-state index in [2.05, 4.69) is 19.0 Å². The second kappa shape index (κ2) is 5.21. The molecule has 4 heteroatoms. The zero-order valence-electron chi connectivity index (χ0n) is 10.6. The van der Waals surface area contributed by atoms with E-state index in [-0.39, 0.29) is 5.82 Å². The van der Waals surface area contributed by atoms with Crippen molar-refractivity contribution in [3.8, 4) is 11.1 Å². The molecule has 0 spiro atoms. The average Bonchev–Trinajstić information content (AvgIpc) is 2.72. The average molecular weight is 248 g/mol. The molecule has 2 rings (SSSR count). The Morgan fingerprint density at radius 2 is 2.00 bits per heavy atom. The van der Waals surface area contributed by atoms with E-state index in [1.165, 1.54) is 12.1 Å². The number of nitrogens with two attached hydrogens (primary N) is 1. The van der Waals surface area contributed by atoms with Gasteiger partial charge in [0.2, 0.25) is 5.88 Å². The van der Waals surface area contributed by atoms with Crippen LogP contribution in [0.1, 0.15) is 26.0 Å². The first-order valence-corrected chi connectivity index (χ1v) is 6.11. The summed E-state index contributed by atoms with van der Waals surface area (Å²) < 4.78 is 18.0. The molecule has 1 heterocycles. The van der Waals surface area contributed by atoms with E-state index in [0.717, 1.165) is 29.7 Å². The molecule has 1 unspecified atom stereocenters. The lowest BCUT2D eigenvalue weighted by Gasteiger charge is -2.07. The Kier molecular flexibility index (Phi) is 3.65. The maximum Gasteiger partial charge on any atom is 0.230 e. The minimum Gasteiger partial charge on any atom is -0.367 e. The van der Waals surface area contributed by atoms with Gasteiger partial charge in [0, 0.05) is 0 Å². The van der Waals surface area contributed by atoms with Crippen LogP contribution in [0.2, 0.25) is 0 Å². The number of nitrogen functional groups attached to an aromatic ring is 1. The monoisotopic (exact) mass is 248 g/mol. The molecule has 1 atom stereocenters. The lowest BCUT2D eigenvalue weighted by molar-refractivity contribution is 0.418. The number of benzene rings is 1. The van der Waals surface area contributed by atoms with Crippen molar-refractivity contribution in [1.82, 2.24) is 5.16 Å². The van der Waals surface area contributed by atoms with E-state index >= 15 is 0 Å². The molecule has 18 heavy (non-hydrogen) atoms. The molecule has 3 nitrogen and oxygen atoms in total. The Balaban J connectivity index is 2.37. The van der Waals surface area contributed by atoms with Gasteiger partial charge >= 0.3 is 0 Å². The Morgan fingerprint density at radius 1 is 1.33 bits per heavy atom. The summed E-state index contributed by atoms with van der Waals surface area (Å²) in [6.45, 7) is 4.28. The van der Waals surface area contributed by atoms with Crippen molar-refractivity contribution in [3.63, 3.8) is 0 Å². The SMILES string of the molecule is CCC(C)Cc1noc(N)c1-c1ccc(F)cc1. The summed E-state index contributed by atoms with van der Waals surface area (Å²) in [5.74, 6) is 0.533. The van der Waals surface area contributed by atoms with Crippen LogP contribution in [-0.4, -0.2) is 5.16 Å². The molecule has 0 saturated carbocycles. The normalized spacial score (nSPS) is 12.6. The fraction of sp³-hybridized carbons (Fsp3) is 0.357. The molecule has 0 aliphatic rings. The van der Waals surface area contributed by atoms with E-state index in [1.807, 2.05) is 0 Å². The molecule has 1 aromatic heterocycles. The molecule has 2 aromatic rings. The van der Waals surface area contributed by atoms with E-state index in [9.17, 15) is 4.39 Å². The quantitative estimate of drug-likeness (QED) is 0.898. The van der Waals surface area contributed by atoms with Gasteiger partial charge in [0.1, 0.15) is 5.82 Å². The first-order valence-electron chi connectivity index (χ1n) is 6.11. The lowest BCUT2D eigenvalue weighted by atomic mass is 9.97. The van der Waals surface area contributed by atoms with Crippen LogP contribution in [0.15, 0.2) is 28.8 Å². The molecule has 0 radical (unpaired) electrons. The van der Waals surface area contributed by atoms with Gasteiger partial charge in [0.05, 0.1) is 11.3 Å². The molecular formula is C14H17FN2O. The van der Waals surface area contributed by atoms with E-state index in [1.54, 1.807) is 12.1 Å². The second-order valence-electron chi connectivity index (χ2n) is 4.59. The van der Waals surface area contributed by atoms with Crippen LogP contribution in [0.3, 0.4) is 0 Å².